The van der Waals surface area contributed by atoms with Gasteiger partial charge in [-0.25, -0.2) is 9.48 Å². The van der Waals surface area contributed by atoms with Crippen LogP contribution >= 0.6 is 0 Å². The molecule has 5 heteroatoms. The van der Waals surface area contributed by atoms with Crippen LogP contribution in [-0.2, 0) is 6.42 Å². The summed E-state index contributed by atoms with van der Waals surface area (Å²) >= 11 is 0. The number of nitrogens with zero attached hydrogens (tertiary/aromatic N) is 3. The Kier molecular flexibility index (Phi) is 2.68. The Hall–Kier alpha value is -2.17. The highest BCUT2D eigenvalue weighted by atomic mass is 16.4. The van der Waals surface area contributed by atoms with Crippen molar-refractivity contribution in [2.75, 3.05) is 0 Å². The summed E-state index contributed by atoms with van der Waals surface area (Å²) in [6.45, 7) is 2.01. The van der Waals surface area contributed by atoms with Crippen molar-refractivity contribution in [1.29, 1.82) is 0 Å². The Balaban J connectivity index is 2.38. The Morgan fingerprint density at radius 2 is 2.06 bits per heavy atom. The summed E-state index contributed by atoms with van der Waals surface area (Å²) in [6.07, 6.45) is 2.53. The van der Waals surface area contributed by atoms with Crippen LogP contribution in [0.2, 0.25) is 0 Å². The minimum absolute atomic E-state index is 0.266. The Morgan fingerprint density at radius 1 is 1.38 bits per heavy atom. The first-order valence-corrected chi connectivity index (χ1v) is 4.95. The third kappa shape index (κ3) is 1.79. The fraction of sp³-hybridized carbons (Fsp3) is 0.182. The summed E-state index contributed by atoms with van der Waals surface area (Å²) < 4.78 is 1.70. The number of hydrogen-bond acceptors (Lipinski definition) is 3. The van der Waals surface area contributed by atoms with Crippen LogP contribution in [0.15, 0.2) is 30.5 Å². The van der Waals surface area contributed by atoms with Crippen molar-refractivity contribution in [3.8, 4) is 5.69 Å². The molecule has 0 unspecified atom stereocenters. The van der Waals surface area contributed by atoms with Crippen molar-refractivity contribution >= 4 is 5.97 Å². The maximum Gasteiger partial charge on any atom is 0.335 e. The van der Waals surface area contributed by atoms with E-state index >= 15 is 0 Å². The lowest BCUT2D eigenvalue weighted by molar-refractivity contribution is 0.0697. The number of aryl methyl sites for hydroxylation is 1. The van der Waals surface area contributed by atoms with Crippen molar-refractivity contribution in [1.82, 2.24) is 15.0 Å². The molecule has 5 nitrogen and oxygen atoms in total. The van der Waals surface area contributed by atoms with E-state index in [1.165, 1.54) is 0 Å². The van der Waals surface area contributed by atoms with Crippen LogP contribution < -0.4 is 0 Å². The standard InChI is InChI=1S/C11H11N3O2/c1-2-9-7-12-13-14(9)10-5-3-8(4-6-10)11(15)16/h3-7H,2H2,1H3,(H,15,16). The fourth-order valence-corrected chi connectivity index (χ4v) is 1.46. The molecule has 16 heavy (non-hydrogen) atoms. The fourth-order valence-electron chi connectivity index (χ4n) is 1.46. The van der Waals surface area contributed by atoms with Crippen LogP contribution in [0, 0.1) is 0 Å². The van der Waals surface area contributed by atoms with Gasteiger partial charge in [0.05, 0.1) is 23.1 Å². The van der Waals surface area contributed by atoms with Gasteiger partial charge in [0.15, 0.2) is 0 Å². The Labute approximate surface area is 92.3 Å². The monoisotopic (exact) mass is 217 g/mol. The number of aromatic nitrogens is 3. The zero-order valence-electron chi connectivity index (χ0n) is 8.79. The highest BCUT2D eigenvalue weighted by Gasteiger charge is 2.06. The van der Waals surface area contributed by atoms with Crippen molar-refractivity contribution in [3.63, 3.8) is 0 Å². The zero-order valence-corrected chi connectivity index (χ0v) is 8.79. The van der Waals surface area contributed by atoms with E-state index < -0.39 is 5.97 Å². The summed E-state index contributed by atoms with van der Waals surface area (Å²) in [5.41, 5.74) is 2.07. The molecule has 1 heterocycles. The van der Waals surface area contributed by atoms with Crippen LogP contribution in [0.5, 0.6) is 0 Å². The van der Waals surface area contributed by atoms with Crippen LogP contribution in [0.3, 0.4) is 0 Å². The van der Waals surface area contributed by atoms with Gasteiger partial charge < -0.3 is 5.11 Å². The van der Waals surface area contributed by atoms with E-state index in [9.17, 15) is 4.79 Å². The maximum atomic E-state index is 10.7. The molecule has 1 N–H and O–H groups in total. The molecule has 0 amide bonds. The zero-order chi connectivity index (χ0) is 11.5. The second-order valence-electron chi connectivity index (χ2n) is 3.34. The van der Waals surface area contributed by atoms with E-state index in [0.717, 1.165) is 17.8 Å². The largest absolute Gasteiger partial charge is 0.478 e. The topological polar surface area (TPSA) is 68.0 Å². The molecular weight excluding hydrogens is 206 g/mol. The molecule has 0 atom stereocenters. The molecule has 0 saturated heterocycles. The van der Waals surface area contributed by atoms with Crippen molar-refractivity contribution in [2.45, 2.75) is 13.3 Å². The number of carboxylic acids is 1. The molecular formula is C11H11N3O2. The Morgan fingerprint density at radius 3 is 2.62 bits per heavy atom. The third-order valence-electron chi connectivity index (χ3n) is 2.34. The normalized spacial score (nSPS) is 10.3. The van der Waals surface area contributed by atoms with Crippen LogP contribution in [0.25, 0.3) is 5.69 Å². The van der Waals surface area contributed by atoms with Gasteiger partial charge in [-0.2, -0.15) is 0 Å². The summed E-state index contributed by atoms with van der Waals surface area (Å²) in [7, 11) is 0. The average molecular weight is 217 g/mol. The summed E-state index contributed by atoms with van der Waals surface area (Å²) in [4.78, 5) is 10.7. The van der Waals surface area contributed by atoms with Gasteiger partial charge in [-0.15, -0.1) is 5.10 Å². The van der Waals surface area contributed by atoms with E-state index in [-0.39, 0.29) is 5.56 Å². The third-order valence-corrected chi connectivity index (χ3v) is 2.34. The van der Waals surface area contributed by atoms with Gasteiger partial charge in [-0.1, -0.05) is 12.1 Å². The number of benzene rings is 1. The van der Waals surface area contributed by atoms with Crippen LogP contribution in [-0.4, -0.2) is 26.1 Å². The predicted molar refractivity (Wildman–Crippen MR) is 57.7 cm³/mol. The lowest BCUT2D eigenvalue weighted by Gasteiger charge is -2.04. The number of aromatic carboxylic acids is 1. The molecule has 0 saturated carbocycles. The SMILES string of the molecule is CCc1cnnn1-c1ccc(C(=O)O)cc1. The lowest BCUT2D eigenvalue weighted by atomic mass is 10.2. The molecule has 0 fully saturated rings. The molecule has 2 rings (SSSR count). The molecule has 0 bridgehead atoms. The second kappa shape index (κ2) is 4.14. The summed E-state index contributed by atoms with van der Waals surface area (Å²) in [6, 6.07) is 6.55. The minimum Gasteiger partial charge on any atom is -0.478 e. The molecule has 0 spiro atoms. The number of rotatable bonds is 3. The summed E-state index contributed by atoms with van der Waals surface area (Å²) in [5.74, 6) is -0.930. The highest BCUT2D eigenvalue weighted by Crippen LogP contribution is 2.11. The predicted octanol–water partition coefficient (Wildman–Crippen LogP) is 1.53. The number of carbonyl (C=O) groups is 1. The Bertz CT molecular complexity index is 502. The smallest absolute Gasteiger partial charge is 0.335 e. The first-order valence-electron chi connectivity index (χ1n) is 4.95. The van der Waals surface area contributed by atoms with Gasteiger partial charge >= 0.3 is 5.97 Å². The second-order valence-corrected chi connectivity index (χ2v) is 3.34. The van der Waals surface area contributed by atoms with Crippen molar-refractivity contribution < 1.29 is 9.90 Å². The molecule has 2 aromatic rings. The minimum atomic E-state index is -0.930. The van der Waals surface area contributed by atoms with E-state index in [0.29, 0.717) is 0 Å². The van der Waals surface area contributed by atoms with Gasteiger partial charge in [0.25, 0.3) is 0 Å². The lowest BCUT2D eigenvalue weighted by Crippen LogP contribution is -2.02. The van der Waals surface area contributed by atoms with Crippen LogP contribution in [0.1, 0.15) is 23.0 Å². The average Bonchev–Trinajstić information content (AvgIpc) is 2.77. The highest BCUT2D eigenvalue weighted by molar-refractivity contribution is 5.87. The van der Waals surface area contributed by atoms with Crippen LogP contribution in [0.4, 0.5) is 0 Å². The first-order chi connectivity index (χ1) is 7.72. The molecule has 1 aromatic heterocycles. The molecule has 0 aliphatic carbocycles. The molecule has 0 aliphatic heterocycles. The maximum absolute atomic E-state index is 10.7. The molecule has 1 aromatic carbocycles. The van der Waals surface area contributed by atoms with Gasteiger partial charge in [0.2, 0.25) is 0 Å². The molecule has 0 radical (unpaired) electrons. The molecule has 82 valence electrons. The van der Waals surface area contributed by atoms with Gasteiger partial charge in [0, 0.05) is 0 Å². The van der Waals surface area contributed by atoms with Gasteiger partial charge in [-0.3, -0.25) is 0 Å². The van der Waals surface area contributed by atoms with E-state index in [4.69, 9.17) is 5.11 Å². The number of carboxylic acid groups (broad SMARTS) is 1. The van der Waals surface area contributed by atoms with Gasteiger partial charge in [0.1, 0.15) is 0 Å². The van der Waals surface area contributed by atoms with E-state index in [1.54, 1.807) is 35.1 Å². The van der Waals surface area contributed by atoms with Crippen molar-refractivity contribution in [3.05, 3.63) is 41.7 Å². The first kappa shape index (κ1) is 10.4. The molecule has 0 aliphatic rings. The summed E-state index contributed by atoms with van der Waals surface area (Å²) in [5, 5.41) is 16.5. The van der Waals surface area contributed by atoms with Crippen molar-refractivity contribution in [2.24, 2.45) is 0 Å². The van der Waals surface area contributed by atoms with E-state index in [2.05, 4.69) is 10.3 Å². The van der Waals surface area contributed by atoms with E-state index in [1.807, 2.05) is 6.92 Å². The quantitative estimate of drug-likeness (QED) is 0.846. The van der Waals surface area contributed by atoms with Gasteiger partial charge in [-0.05, 0) is 30.7 Å². The number of hydrogen-bond donors (Lipinski definition) is 1.